The molecule has 0 unspecified atom stereocenters. The summed E-state index contributed by atoms with van der Waals surface area (Å²) in [6.45, 7) is 14.0. The highest BCUT2D eigenvalue weighted by molar-refractivity contribution is 6.88. The second-order valence-corrected chi connectivity index (χ2v) is 12.7. The highest BCUT2D eigenvalue weighted by Gasteiger charge is 2.30. The van der Waals surface area contributed by atoms with Crippen LogP contribution in [0.25, 0.3) is 0 Å². The Hall–Kier alpha value is -1.30. The van der Waals surface area contributed by atoms with E-state index in [1.807, 2.05) is 25.7 Å². The first-order valence-electron chi connectivity index (χ1n) is 7.62. The first-order chi connectivity index (χ1) is 9.58. The molecule has 0 aromatic carbocycles. The lowest BCUT2D eigenvalue weighted by molar-refractivity contribution is 0.0258. The van der Waals surface area contributed by atoms with Gasteiger partial charge in [0, 0.05) is 30.5 Å². The lowest BCUT2D eigenvalue weighted by Gasteiger charge is -2.26. The molecule has 6 heteroatoms. The van der Waals surface area contributed by atoms with Crippen molar-refractivity contribution in [2.75, 3.05) is 13.1 Å². The average Bonchev–Trinajstić information content (AvgIpc) is 2.59. The van der Waals surface area contributed by atoms with Crippen LogP contribution in [-0.2, 0) is 17.6 Å². The third-order valence-corrected chi connectivity index (χ3v) is 5.41. The molecule has 0 spiro atoms. The standard InChI is InChI=1S/C15H27N3O2Si/c1-15(2,3)20-14(19)18-9-7-11-12(8-10-18)16-17-13(11)21(4,5)6/h7-10H2,1-6H3,(H,16,17). The third-order valence-electron chi connectivity index (χ3n) is 3.58. The molecule has 1 aromatic heterocycles. The van der Waals surface area contributed by atoms with Gasteiger partial charge < -0.3 is 9.64 Å². The van der Waals surface area contributed by atoms with E-state index in [0.717, 1.165) is 12.8 Å². The molecule has 118 valence electrons. The Bertz CT molecular complexity index is 526. The van der Waals surface area contributed by atoms with Gasteiger partial charge in [-0.3, -0.25) is 5.10 Å². The van der Waals surface area contributed by atoms with Crippen molar-refractivity contribution in [3.8, 4) is 0 Å². The fourth-order valence-electron chi connectivity index (χ4n) is 2.61. The minimum atomic E-state index is -1.45. The molecule has 1 aliphatic heterocycles. The fourth-order valence-corrected chi connectivity index (χ4v) is 4.18. The van der Waals surface area contributed by atoms with E-state index in [2.05, 4.69) is 29.8 Å². The number of ether oxygens (including phenoxy) is 1. The predicted molar refractivity (Wildman–Crippen MR) is 86.8 cm³/mol. The zero-order chi connectivity index (χ0) is 15.8. The van der Waals surface area contributed by atoms with Gasteiger partial charge >= 0.3 is 6.09 Å². The molecule has 0 fully saturated rings. The van der Waals surface area contributed by atoms with Crippen molar-refractivity contribution in [2.24, 2.45) is 0 Å². The predicted octanol–water partition coefficient (Wildman–Crippen LogP) is 2.29. The van der Waals surface area contributed by atoms with Crippen molar-refractivity contribution in [2.45, 2.75) is 58.9 Å². The molecular weight excluding hydrogens is 282 g/mol. The Morgan fingerprint density at radius 1 is 1.24 bits per heavy atom. The quantitative estimate of drug-likeness (QED) is 0.810. The summed E-state index contributed by atoms with van der Waals surface area (Å²) in [7, 11) is -1.45. The Morgan fingerprint density at radius 2 is 1.86 bits per heavy atom. The molecule has 1 aromatic rings. The lowest BCUT2D eigenvalue weighted by atomic mass is 10.2. The van der Waals surface area contributed by atoms with Crippen molar-refractivity contribution in [3.63, 3.8) is 0 Å². The molecule has 0 aliphatic carbocycles. The molecule has 5 nitrogen and oxygen atoms in total. The van der Waals surface area contributed by atoms with E-state index in [4.69, 9.17) is 4.74 Å². The van der Waals surface area contributed by atoms with Gasteiger partial charge in [-0.15, -0.1) is 0 Å². The van der Waals surface area contributed by atoms with Crippen LogP contribution < -0.4 is 5.32 Å². The van der Waals surface area contributed by atoms with E-state index in [0.29, 0.717) is 13.1 Å². The van der Waals surface area contributed by atoms with Gasteiger partial charge in [0.2, 0.25) is 0 Å². The number of aromatic amines is 1. The Kier molecular flexibility index (Phi) is 4.19. The molecule has 0 radical (unpaired) electrons. The molecule has 1 N–H and O–H groups in total. The van der Waals surface area contributed by atoms with Crippen LogP contribution in [0.3, 0.4) is 0 Å². The van der Waals surface area contributed by atoms with E-state index < -0.39 is 13.7 Å². The van der Waals surface area contributed by atoms with Crippen LogP contribution in [0.5, 0.6) is 0 Å². The molecule has 1 aliphatic rings. The number of aromatic nitrogens is 2. The van der Waals surface area contributed by atoms with Gasteiger partial charge in [0.15, 0.2) is 0 Å². The van der Waals surface area contributed by atoms with E-state index in [1.54, 1.807) is 0 Å². The SMILES string of the molecule is CC(C)(C)OC(=O)N1CCc2[nH]nc([Si](C)(C)C)c2CC1. The number of carbonyl (C=O) groups is 1. The van der Waals surface area contributed by atoms with Gasteiger partial charge in [0.05, 0.1) is 0 Å². The largest absolute Gasteiger partial charge is 0.444 e. The van der Waals surface area contributed by atoms with Crippen LogP contribution in [-0.4, -0.2) is 48.0 Å². The van der Waals surface area contributed by atoms with Crippen molar-refractivity contribution in [3.05, 3.63) is 11.3 Å². The van der Waals surface area contributed by atoms with Crippen LogP contribution in [0.4, 0.5) is 4.79 Å². The summed E-state index contributed by atoms with van der Waals surface area (Å²) in [5, 5.41) is 8.98. The number of H-pyrrole nitrogens is 1. The van der Waals surface area contributed by atoms with E-state index >= 15 is 0 Å². The minimum Gasteiger partial charge on any atom is -0.444 e. The number of nitrogens with zero attached hydrogens (tertiary/aromatic N) is 2. The molecule has 21 heavy (non-hydrogen) atoms. The number of carbonyl (C=O) groups excluding carboxylic acids is 1. The monoisotopic (exact) mass is 309 g/mol. The zero-order valence-electron chi connectivity index (χ0n) is 14.0. The Morgan fingerprint density at radius 3 is 2.43 bits per heavy atom. The first-order valence-corrected chi connectivity index (χ1v) is 11.1. The van der Waals surface area contributed by atoms with Gasteiger partial charge in [0.1, 0.15) is 13.7 Å². The molecule has 1 amide bonds. The van der Waals surface area contributed by atoms with Crippen LogP contribution in [0, 0.1) is 0 Å². The average molecular weight is 309 g/mol. The summed E-state index contributed by atoms with van der Waals surface area (Å²) in [4.78, 5) is 14.0. The van der Waals surface area contributed by atoms with Crippen LogP contribution >= 0.6 is 0 Å². The van der Waals surface area contributed by atoms with Gasteiger partial charge in [-0.2, -0.15) is 5.10 Å². The Balaban J connectivity index is 2.11. The molecule has 0 atom stereocenters. The number of hydrogen-bond acceptors (Lipinski definition) is 3. The summed E-state index contributed by atoms with van der Waals surface area (Å²) in [5.41, 5.74) is 2.08. The second-order valence-electron chi connectivity index (χ2n) is 7.75. The van der Waals surface area contributed by atoms with Crippen LogP contribution in [0.15, 0.2) is 0 Å². The van der Waals surface area contributed by atoms with Crippen LogP contribution in [0.2, 0.25) is 19.6 Å². The summed E-state index contributed by atoms with van der Waals surface area (Å²) in [6.07, 6.45) is 1.48. The topological polar surface area (TPSA) is 58.2 Å². The summed E-state index contributed by atoms with van der Waals surface area (Å²) < 4.78 is 5.48. The van der Waals surface area contributed by atoms with Gasteiger partial charge in [-0.1, -0.05) is 19.6 Å². The molecule has 0 saturated heterocycles. The second kappa shape index (κ2) is 5.48. The first kappa shape index (κ1) is 16.1. The minimum absolute atomic E-state index is 0.213. The van der Waals surface area contributed by atoms with Gasteiger partial charge in [0.25, 0.3) is 0 Å². The third kappa shape index (κ3) is 3.87. The molecule has 0 bridgehead atoms. The molecule has 2 heterocycles. The lowest BCUT2D eigenvalue weighted by Crippen LogP contribution is -2.42. The fraction of sp³-hybridized carbons (Fsp3) is 0.733. The smallest absolute Gasteiger partial charge is 0.410 e. The van der Waals surface area contributed by atoms with Crippen molar-refractivity contribution in [1.29, 1.82) is 0 Å². The summed E-state index contributed by atoms with van der Waals surface area (Å²) >= 11 is 0. The number of amides is 1. The zero-order valence-corrected chi connectivity index (χ0v) is 15.0. The highest BCUT2D eigenvalue weighted by Crippen LogP contribution is 2.17. The van der Waals surface area contributed by atoms with E-state index in [1.165, 1.54) is 16.6 Å². The number of fused-ring (bicyclic) bond motifs is 1. The summed E-state index contributed by atoms with van der Waals surface area (Å²) in [5.74, 6) is 0. The van der Waals surface area contributed by atoms with Crippen molar-refractivity contribution in [1.82, 2.24) is 15.1 Å². The summed E-state index contributed by atoms with van der Waals surface area (Å²) in [6, 6.07) is 0. The molecule has 2 rings (SSSR count). The molecule has 0 saturated carbocycles. The maximum Gasteiger partial charge on any atom is 0.410 e. The maximum absolute atomic E-state index is 12.2. The van der Waals surface area contributed by atoms with E-state index in [-0.39, 0.29) is 6.09 Å². The van der Waals surface area contributed by atoms with Crippen molar-refractivity contribution >= 4 is 19.5 Å². The van der Waals surface area contributed by atoms with Gasteiger partial charge in [-0.05, 0) is 32.8 Å². The maximum atomic E-state index is 12.2. The molecular formula is C15H27N3O2Si. The van der Waals surface area contributed by atoms with Crippen molar-refractivity contribution < 1.29 is 9.53 Å². The Labute approximate surface area is 128 Å². The van der Waals surface area contributed by atoms with E-state index in [9.17, 15) is 4.79 Å². The van der Waals surface area contributed by atoms with Gasteiger partial charge in [-0.25, -0.2) is 4.79 Å². The van der Waals surface area contributed by atoms with Crippen LogP contribution in [0.1, 0.15) is 32.0 Å². The number of rotatable bonds is 1. The normalized spacial score (nSPS) is 16.4. The number of nitrogens with one attached hydrogen (secondary N) is 1. The number of hydrogen-bond donors (Lipinski definition) is 1. The highest BCUT2D eigenvalue weighted by atomic mass is 28.3.